The molecule has 4 nitrogen and oxygen atoms in total. The fraction of sp³-hybridized carbons (Fsp3) is 0.727. The Bertz CT molecular complexity index is 241. The summed E-state index contributed by atoms with van der Waals surface area (Å²) in [4.78, 5) is 11.4. The third kappa shape index (κ3) is 4.32. The summed E-state index contributed by atoms with van der Waals surface area (Å²) in [7, 11) is 0. The highest BCUT2D eigenvalue weighted by Gasteiger charge is 2.20. The van der Waals surface area contributed by atoms with Crippen molar-refractivity contribution >= 4 is 5.91 Å². The highest BCUT2D eigenvalue weighted by Crippen LogP contribution is 2.08. The molecule has 0 bridgehead atoms. The van der Waals surface area contributed by atoms with Gasteiger partial charge in [0.2, 0.25) is 5.91 Å². The maximum Gasteiger partial charge on any atom is 0.249 e. The van der Waals surface area contributed by atoms with E-state index in [-0.39, 0.29) is 18.6 Å². The Labute approximate surface area is 90.8 Å². The molecule has 1 aliphatic rings. The van der Waals surface area contributed by atoms with E-state index in [4.69, 9.17) is 11.2 Å². The lowest BCUT2D eigenvalue weighted by atomic mass is 10.1. The highest BCUT2D eigenvalue weighted by atomic mass is 16.5. The lowest BCUT2D eigenvalue weighted by Crippen LogP contribution is -2.42. The molecule has 0 aliphatic carbocycles. The SMILES string of the molecule is C#CCNC(=O)C(C)O[C@H]1CCCNC1. The van der Waals surface area contributed by atoms with Gasteiger partial charge in [0.15, 0.2) is 0 Å². The molecule has 1 unspecified atom stereocenters. The molecule has 2 atom stereocenters. The van der Waals surface area contributed by atoms with E-state index >= 15 is 0 Å². The number of carbonyl (C=O) groups is 1. The third-order valence-corrected chi connectivity index (χ3v) is 2.38. The summed E-state index contributed by atoms with van der Waals surface area (Å²) >= 11 is 0. The summed E-state index contributed by atoms with van der Waals surface area (Å²) in [6.07, 6.45) is 6.88. The first-order chi connectivity index (χ1) is 7.24. The zero-order chi connectivity index (χ0) is 11.1. The van der Waals surface area contributed by atoms with Gasteiger partial charge in [0.25, 0.3) is 0 Å². The minimum absolute atomic E-state index is 0.140. The van der Waals surface area contributed by atoms with Gasteiger partial charge in [0, 0.05) is 6.54 Å². The Kier molecular flexibility index (Phi) is 5.16. The van der Waals surface area contributed by atoms with Crippen molar-refractivity contribution in [2.24, 2.45) is 0 Å². The summed E-state index contributed by atoms with van der Waals surface area (Å²) in [6.45, 7) is 3.88. The number of hydrogen-bond acceptors (Lipinski definition) is 3. The molecule has 84 valence electrons. The van der Waals surface area contributed by atoms with E-state index in [0.717, 1.165) is 25.9 Å². The zero-order valence-electron chi connectivity index (χ0n) is 9.08. The first-order valence-corrected chi connectivity index (χ1v) is 5.31. The Morgan fingerprint density at radius 3 is 3.20 bits per heavy atom. The van der Waals surface area contributed by atoms with Crippen LogP contribution in [0.2, 0.25) is 0 Å². The van der Waals surface area contributed by atoms with Crippen LogP contribution < -0.4 is 10.6 Å². The van der Waals surface area contributed by atoms with E-state index < -0.39 is 6.10 Å². The number of ether oxygens (including phenoxy) is 1. The van der Waals surface area contributed by atoms with Crippen LogP contribution in [0.4, 0.5) is 0 Å². The smallest absolute Gasteiger partial charge is 0.249 e. The van der Waals surface area contributed by atoms with Gasteiger partial charge in [-0.25, -0.2) is 0 Å². The molecular formula is C11H18N2O2. The summed E-state index contributed by atoms with van der Waals surface area (Å²) in [5, 5.41) is 5.83. The number of hydrogen-bond donors (Lipinski definition) is 2. The van der Waals surface area contributed by atoms with E-state index in [1.165, 1.54) is 0 Å². The van der Waals surface area contributed by atoms with E-state index in [1.807, 2.05) is 0 Å². The van der Waals surface area contributed by atoms with Crippen LogP contribution in [0.1, 0.15) is 19.8 Å². The van der Waals surface area contributed by atoms with E-state index in [2.05, 4.69) is 16.6 Å². The summed E-state index contributed by atoms with van der Waals surface area (Å²) < 4.78 is 5.61. The van der Waals surface area contributed by atoms with E-state index in [0.29, 0.717) is 0 Å². The predicted molar refractivity (Wildman–Crippen MR) is 58.3 cm³/mol. The maximum absolute atomic E-state index is 11.4. The van der Waals surface area contributed by atoms with E-state index in [9.17, 15) is 4.79 Å². The van der Waals surface area contributed by atoms with E-state index in [1.54, 1.807) is 6.92 Å². The van der Waals surface area contributed by atoms with Gasteiger partial charge in [-0.05, 0) is 26.3 Å². The molecular weight excluding hydrogens is 192 g/mol. The van der Waals surface area contributed by atoms with Gasteiger partial charge in [-0.1, -0.05) is 5.92 Å². The van der Waals surface area contributed by atoms with Crippen molar-refractivity contribution in [3.8, 4) is 12.3 Å². The molecule has 1 fully saturated rings. The second-order valence-corrected chi connectivity index (χ2v) is 3.67. The van der Waals surface area contributed by atoms with Crippen LogP contribution in [0.15, 0.2) is 0 Å². The number of nitrogens with one attached hydrogen (secondary N) is 2. The van der Waals surface area contributed by atoms with Gasteiger partial charge in [-0.15, -0.1) is 6.42 Å². The van der Waals surface area contributed by atoms with Crippen LogP contribution >= 0.6 is 0 Å². The molecule has 0 saturated carbocycles. The third-order valence-electron chi connectivity index (χ3n) is 2.38. The lowest BCUT2D eigenvalue weighted by molar-refractivity contribution is -0.135. The standard InChI is InChI=1S/C11H18N2O2/c1-3-6-13-11(14)9(2)15-10-5-4-7-12-8-10/h1,9-10,12H,4-8H2,2H3,(H,13,14)/t9?,10-/m0/s1. The number of terminal acetylenes is 1. The average Bonchev–Trinajstić information content (AvgIpc) is 2.27. The average molecular weight is 210 g/mol. The Morgan fingerprint density at radius 1 is 1.80 bits per heavy atom. The Morgan fingerprint density at radius 2 is 2.60 bits per heavy atom. The number of amides is 1. The van der Waals surface area contributed by atoms with Crippen LogP contribution in [-0.2, 0) is 9.53 Å². The summed E-state index contributed by atoms with van der Waals surface area (Å²) in [5.74, 6) is 2.22. The molecule has 0 spiro atoms. The molecule has 1 rings (SSSR count). The molecule has 1 aliphatic heterocycles. The fourth-order valence-corrected chi connectivity index (χ4v) is 1.57. The van der Waals surface area contributed by atoms with Gasteiger partial charge >= 0.3 is 0 Å². The topological polar surface area (TPSA) is 50.4 Å². The molecule has 15 heavy (non-hydrogen) atoms. The molecule has 0 aromatic carbocycles. The van der Waals surface area contributed by atoms with Gasteiger partial charge in [-0.3, -0.25) is 4.79 Å². The van der Waals surface area contributed by atoms with Gasteiger partial charge in [-0.2, -0.15) is 0 Å². The Hall–Kier alpha value is -1.05. The fourth-order valence-electron chi connectivity index (χ4n) is 1.57. The van der Waals surface area contributed by atoms with Gasteiger partial charge in [0.1, 0.15) is 6.10 Å². The van der Waals surface area contributed by atoms with Crippen molar-refractivity contribution in [3.05, 3.63) is 0 Å². The second-order valence-electron chi connectivity index (χ2n) is 3.67. The maximum atomic E-state index is 11.4. The van der Waals surface area contributed by atoms with Crippen molar-refractivity contribution < 1.29 is 9.53 Å². The first kappa shape index (κ1) is 12.0. The molecule has 0 aromatic heterocycles. The minimum atomic E-state index is -0.428. The van der Waals surface area contributed by atoms with Crippen molar-refractivity contribution in [3.63, 3.8) is 0 Å². The predicted octanol–water partition coefficient (Wildman–Crippen LogP) is -0.107. The van der Waals surface area contributed by atoms with Crippen molar-refractivity contribution in [1.29, 1.82) is 0 Å². The summed E-state index contributed by atoms with van der Waals surface area (Å²) in [5.41, 5.74) is 0. The Balaban J connectivity index is 2.24. The molecule has 4 heteroatoms. The quantitative estimate of drug-likeness (QED) is 0.637. The van der Waals surface area contributed by atoms with Crippen molar-refractivity contribution in [1.82, 2.24) is 10.6 Å². The highest BCUT2D eigenvalue weighted by molar-refractivity contribution is 5.80. The van der Waals surface area contributed by atoms with Gasteiger partial charge < -0.3 is 15.4 Å². The number of rotatable bonds is 4. The van der Waals surface area contributed by atoms with Crippen LogP contribution in [0.25, 0.3) is 0 Å². The number of carbonyl (C=O) groups excluding carboxylic acids is 1. The zero-order valence-corrected chi connectivity index (χ0v) is 9.08. The molecule has 1 saturated heterocycles. The molecule has 1 heterocycles. The van der Waals surface area contributed by atoms with Crippen molar-refractivity contribution in [2.45, 2.75) is 32.0 Å². The first-order valence-electron chi connectivity index (χ1n) is 5.31. The van der Waals surface area contributed by atoms with Crippen LogP contribution in [-0.4, -0.2) is 37.7 Å². The van der Waals surface area contributed by atoms with Gasteiger partial charge in [0.05, 0.1) is 12.6 Å². The van der Waals surface area contributed by atoms with Crippen LogP contribution in [0.3, 0.4) is 0 Å². The lowest BCUT2D eigenvalue weighted by Gasteiger charge is -2.25. The normalized spacial score (nSPS) is 22.8. The largest absolute Gasteiger partial charge is 0.364 e. The van der Waals surface area contributed by atoms with Crippen LogP contribution in [0, 0.1) is 12.3 Å². The number of piperidine rings is 1. The van der Waals surface area contributed by atoms with Crippen molar-refractivity contribution in [2.75, 3.05) is 19.6 Å². The monoisotopic (exact) mass is 210 g/mol. The second kappa shape index (κ2) is 6.44. The molecule has 0 aromatic rings. The summed E-state index contributed by atoms with van der Waals surface area (Å²) in [6, 6.07) is 0. The van der Waals surface area contributed by atoms with Crippen LogP contribution in [0.5, 0.6) is 0 Å². The molecule has 1 amide bonds. The molecule has 0 radical (unpaired) electrons. The molecule has 2 N–H and O–H groups in total. The minimum Gasteiger partial charge on any atom is -0.364 e.